The average Bonchev–Trinajstić information content (AvgIpc) is 2.69. The highest BCUT2D eigenvalue weighted by Gasteiger charge is 2.56. The minimum atomic E-state index is -0.870. The molecule has 24 heavy (non-hydrogen) atoms. The quantitative estimate of drug-likeness (QED) is 0.837. The van der Waals surface area contributed by atoms with Crippen LogP contribution in [-0.4, -0.2) is 34.0 Å². The van der Waals surface area contributed by atoms with Crippen molar-refractivity contribution in [2.75, 3.05) is 6.54 Å². The number of imide groups is 1. The summed E-state index contributed by atoms with van der Waals surface area (Å²) >= 11 is 0. The van der Waals surface area contributed by atoms with Crippen molar-refractivity contribution >= 4 is 11.9 Å². The van der Waals surface area contributed by atoms with Gasteiger partial charge in [-0.15, -0.1) is 0 Å². The molecular formula is C19H26N2O3. The van der Waals surface area contributed by atoms with Crippen LogP contribution in [0.15, 0.2) is 30.3 Å². The number of rotatable bonds is 3. The first-order valence-electron chi connectivity index (χ1n) is 8.60. The molecular weight excluding hydrogens is 304 g/mol. The summed E-state index contributed by atoms with van der Waals surface area (Å²) in [7, 11) is 0. The van der Waals surface area contributed by atoms with Crippen LogP contribution in [0.5, 0.6) is 0 Å². The molecule has 5 nitrogen and oxygen atoms in total. The standard InChI is InChI=1S/C19H26N2O3/c1-13-9-18(2,3)12-19(10-13)16(23)21(17(24)20-19)11-15(22)14-7-5-4-6-8-14/h4-8,13,15,22H,9-12H2,1-3H3,(H,20,24)/t13-,15+,19+/m1/s1. The van der Waals surface area contributed by atoms with Crippen LogP contribution in [0, 0.1) is 11.3 Å². The highest BCUT2D eigenvalue weighted by atomic mass is 16.3. The van der Waals surface area contributed by atoms with Gasteiger partial charge in [0.15, 0.2) is 0 Å². The van der Waals surface area contributed by atoms with Gasteiger partial charge in [-0.2, -0.15) is 0 Å². The second-order valence-corrected chi connectivity index (χ2v) is 8.21. The van der Waals surface area contributed by atoms with Crippen molar-refractivity contribution < 1.29 is 14.7 Å². The molecule has 0 radical (unpaired) electrons. The third-order valence-corrected chi connectivity index (χ3v) is 5.16. The molecule has 1 saturated heterocycles. The summed E-state index contributed by atoms with van der Waals surface area (Å²) in [4.78, 5) is 26.6. The number of aliphatic hydroxyl groups is 1. The molecule has 1 aliphatic carbocycles. The van der Waals surface area contributed by atoms with Crippen LogP contribution < -0.4 is 5.32 Å². The Bertz CT molecular complexity index is 643. The first-order valence-corrected chi connectivity index (χ1v) is 8.60. The minimum Gasteiger partial charge on any atom is -0.387 e. The summed E-state index contributed by atoms with van der Waals surface area (Å²) in [5, 5.41) is 13.3. The maximum Gasteiger partial charge on any atom is 0.325 e. The molecule has 0 bridgehead atoms. The maximum absolute atomic E-state index is 13.0. The molecule has 2 fully saturated rings. The van der Waals surface area contributed by atoms with Gasteiger partial charge in [-0.25, -0.2) is 4.79 Å². The van der Waals surface area contributed by atoms with E-state index in [1.807, 2.05) is 18.2 Å². The van der Waals surface area contributed by atoms with Crippen LogP contribution >= 0.6 is 0 Å². The topological polar surface area (TPSA) is 69.6 Å². The molecule has 5 heteroatoms. The molecule has 1 spiro atoms. The van der Waals surface area contributed by atoms with E-state index < -0.39 is 11.6 Å². The van der Waals surface area contributed by atoms with E-state index in [-0.39, 0.29) is 23.9 Å². The van der Waals surface area contributed by atoms with E-state index >= 15 is 0 Å². The fraction of sp³-hybridized carbons (Fsp3) is 0.579. The van der Waals surface area contributed by atoms with E-state index in [9.17, 15) is 14.7 Å². The third-order valence-electron chi connectivity index (χ3n) is 5.16. The van der Waals surface area contributed by atoms with E-state index in [0.717, 1.165) is 6.42 Å². The average molecular weight is 330 g/mol. The Hall–Kier alpha value is -1.88. The Kier molecular flexibility index (Phi) is 4.16. The lowest BCUT2D eigenvalue weighted by molar-refractivity contribution is -0.135. The number of nitrogens with zero attached hydrogens (tertiary/aromatic N) is 1. The number of urea groups is 1. The lowest BCUT2D eigenvalue weighted by Crippen LogP contribution is -2.54. The van der Waals surface area contributed by atoms with Crippen molar-refractivity contribution in [2.24, 2.45) is 11.3 Å². The van der Waals surface area contributed by atoms with Crippen molar-refractivity contribution in [3.8, 4) is 0 Å². The number of carbonyl (C=O) groups is 2. The molecule has 3 atom stereocenters. The van der Waals surface area contributed by atoms with Gasteiger partial charge in [0.25, 0.3) is 5.91 Å². The van der Waals surface area contributed by atoms with Gasteiger partial charge in [0.1, 0.15) is 5.54 Å². The number of amides is 3. The lowest BCUT2D eigenvalue weighted by atomic mass is 9.64. The molecule has 1 aromatic carbocycles. The molecule has 0 unspecified atom stereocenters. The molecule has 0 aromatic heterocycles. The fourth-order valence-corrected chi connectivity index (χ4v) is 4.63. The third kappa shape index (κ3) is 3.05. The fourth-order valence-electron chi connectivity index (χ4n) is 4.63. The second kappa shape index (κ2) is 5.88. The van der Waals surface area contributed by atoms with Crippen LogP contribution in [0.2, 0.25) is 0 Å². The molecule has 1 saturated carbocycles. The SMILES string of the molecule is C[C@@H]1CC(C)(C)C[C@]2(C1)NC(=O)N(C[C@H](O)c1ccccc1)C2=O. The van der Waals surface area contributed by atoms with E-state index in [1.165, 1.54) is 4.90 Å². The van der Waals surface area contributed by atoms with Gasteiger partial charge in [-0.3, -0.25) is 9.69 Å². The summed E-state index contributed by atoms with van der Waals surface area (Å²) in [5.74, 6) is 0.180. The Balaban J connectivity index is 1.79. The first-order chi connectivity index (χ1) is 11.2. The highest BCUT2D eigenvalue weighted by molar-refractivity contribution is 6.07. The van der Waals surface area contributed by atoms with Gasteiger partial charge < -0.3 is 10.4 Å². The zero-order chi connectivity index (χ0) is 17.5. The number of aliphatic hydroxyl groups excluding tert-OH is 1. The Labute approximate surface area is 143 Å². The largest absolute Gasteiger partial charge is 0.387 e. The second-order valence-electron chi connectivity index (χ2n) is 8.21. The number of carbonyl (C=O) groups excluding carboxylic acids is 2. The summed E-state index contributed by atoms with van der Waals surface area (Å²) in [5.41, 5.74) is -0.0973. The normalized spacial score (nSPS) is 30.5. The summed E-state index contributed by atoms with van der Waals surface area (Å²) < 4.78 is 0. The zero-order valence-corrected chi connectivity index (χ0v) is 14.6. The van der Waals surface area contributed by atoms with Gasteiger partial charge in [0.05, 0.1) is 12.6 Å². The Morgan fingerprint density at radius 2 is 1.92 bits per heavy atom. The molecule has 130 valence electrons. The van der Waals surface area contributed by atoms with Gasteiger partial charge in [-0.1, -0.05) is 51.1 Å². The molecule has 3 rings (SSSR count). The van der Waals surface area contributed by atoms with Crippen LogP contribution in [0.4, 0.5) is 4.79 Å². The van der Waals surface area contributed by atoms with E-state index in [2.05, 4.69) is 26.1 Å². The van der Waals surface area contributed by atoms with Crippen molar-refractivity contribution in [3.05, 3.63) is 35.9 Å². The lowest BCUT2D eigenvalue weighted by Gasteiger charge is -2.43. The number of hydrogen-bond acceptors (Lipinski definition) is 3. The summed E-state index contributed by atoms with van der Waals surface area (Å²) in [6.45, 7) is 6.41. The number of benzene rings is 1. The van der Waals surface area contributed by atoms with Crippen molar-refractivity contribution in [2.45, 2.75) is 51.7 Å². The molecule has 2 N–H and O–H groups in total. The van der Waals surface area contributed by atoms with Crippen LogP contribution in [0.25, 0.3) is 0 Å². The number of nitrogens with one attached hydrogen (secondary N) is 1. The zero-order valence-electron chi connectivity index (χ0n) is 14.6. The van der Waals surface area contributed by atoms with E-state index in [1.54, 1.807) is 12.1 Å². The molecule has 1 aromatic rings. The maximum atomic E-state index is 13.0. The first kappa shape index (κ1) is 17.0. The Morgan fingerprint density at radius 1 is 1.25 bits per heavy atom. The summed E-state index contributed by atoms with van der Waals surface area (Å²) in [6, 6.07) is 8.73. The number of β-amino-alcohol motifs (C(OH)–C–C–N with tert-alkyl or cyclic N) is 1. The highest BCUT2D eigenvalue weighted by Crippen LogP contribution is 2.46. The van der Waals surface area contributed by atoms with Gasteiger partial charge in [0.2, 0.25) is 0 Å². The number of hydrogen-bond donors (Lipinski definition) is 2. The smallest absolute Gasteiger partial charge is 0.325 e. The van der Waals surface area contributed by atoms with Gasteiger partial charge in [-0.05, 0) is 36.2 Å². The molecule has 2 aliphatic rings. The molecule has 1 heterocycles. The predicted molar refractivity (Wildman–Crippen MR) is 91.2 cm³/mol. The van der Waals surface area contributed by atoms with Crippen molar-refractivity contribution in [1.82, 2.24) is 10.2 Å². The Morgan fingerprint density at radius 3 is 2.54 bits per heavy atom. The molecule has 1 aliphatic heterocycles. The van der Waals surface area contributed by atoms with Crippen LogP contribution in [0.1, 0.15) is 51.7 Å². The molecule has 3 amide bonds. The van der Waals surface area contributed by atoms with E-state index in [0.29, 0.717) is 24.3 Å². The van der Waals surface area contributed by atoms with Crippen molar-refractivity contribution in [1.29, 1.82) is 0 Å². The van der Waals surface area contributed by atoms with E-state index in [4.69, 9.17) is 0 Å². The van der Waals surface area contributed by atoms with Gasteiger partial charge >= 0.3 is 6.03 Å². The predicted octanol–water partition coefficient (Wildman–Crippen LogP) is 2.86. The van der Waals surface area contributed by atoms with Gasteiger partial charge in [0, 0.05) is 0 Å². The summed E-state index contributed by atoms with van der Waals surface area (Å²) in [6.07, 6.45) is 1.49. The minimum absolute atomic E-state index is 0.00859. The van der Waals surface area contributed by atoms with Crippen LogP contribution in [-0.2, 0) is 4.79 Å². The van der Waals surface area contributed by atoms with Crippen molar-refractivity contribution in [3.63, 3.8) is 0 Å². The monoisotopic (exact) mass is 330 g/mol. The van der Waals surface area contributed by atoms with Crippen LogP contribution in [0.3, 0.4) is 0 Å².